The van der Waals surface area contributed by atoms with Crippen LogP contribution in [0.3, 0.4) is 0 Å². The molecule has 1 saturated heterocycles. The summed E-state index contributed by atoms with van der Waals surface area (Å²) in [5.41, 5.74) is 2.04. The van der Waals surface area contributed by atoms with Gasteiger partial charge in [-0.15, -0.1) is 0 Å². The van der Waals surface area contributed by atoms with Crippen LogP contribution in [0.5, 0.6) is 0 Å². The quantitative estimate of drug-likeness (QED) is 0.386. The Morgan fingerprint density at radius 2 is 1.63 bits per heavy atom. The van der Waals surface area contributed by atoms with Crippen molar-refractivity contribution in [1.29, 1.82) is 0 Å². The van der Waals surface area contributed by atoms with Crippen LogP contribution in [0.1, 0.15) is 34.7 Å². The Bertz CT molecular complexity index is 1420. The lowest BCUT2D eigenvalue weighted by Crippen LogP contribution is -2.33. The number of carbonyl (C=O) groups excluding carboxylic acids is 4. The van der Waals surface area contributed by atoms with E-state index in [2.05, 4.69) is 17.4 Å². The maximum Gasteiger partial charge on any atom is 0.338 e. The van der Waals surface area contributed by atoms with Gasteiger partial charge < -0.3 is 10.1 Å². The van der Waals surface area contributed by atoms with Crippen LogP contribution in [-0.2, 0) is 19.1 Å². The third kappa shape index (κ3) is 4.16. The average molecular weight is 513 g/mol. The number of hydrogen-bond acceptors (Lipinski definition) is 5. The number of rotatable bonds is 6. The fraction of sp³-hybridized carbons (Fsp3) is 0.267. The van der Waals surface area contributed by atoms with Gasteiger partial charge in [0.15, 0.2) is 6.61 Å². The van der Waals surface area contributed by atoms with Crippen molar-refractivity contribution in [3.05, 3.63) is 95.8 Å². The molecule has 1 N–H and O–H groups in total. The summed E-state index contributed by atoms with van der Waals surface area (Å²) in [6, 6.07) is 21.5. The third-order valence-corrected chi connectivity index (χ3v) is 8.05. The zero-order valence-corrected chi connectivity index (χ0v) is 20.4. The van der Waals surface area contributed by atoms with Crippen LogP contribution < -0.4 is 10.2 Å². The second-order valence-corrected chi connectivity index (χ2v) is 10.2. The molecule has 3 aromatic carbocycles. The summed E-state index contributed by atoms with van der Waals surface area (Å²) in [5, 5.41) is 2.52. The Balaban J connectivity index is 1.14. The van der Waals surface area contributed by atoms with E-state index in [1.807, 2.05) is 18.2 Å². The molecule has 2 bridgehead atoms. The van der Waals surface area contributed by atoms with Gasteiger partial charge in [0, 0.05) is 5.69 Å². The molecule has 0 spiro atoms. The highest BCUT2D eigenvalue weighted by Gasteiger charge is 2.64. The Morgan fingerprint density at radius 3 is 2.39 bits per heavy atom. The zero-order chi connectivity index (χ0) is 26.4. The van der Waals surface area contributed by atoms with Crippen LogP contribution in [0.25, 0.3) is 0 Å². The fourth-order valence-electron chi connectivity index (χ4n) is 6.51. The third-order valence-electron chi connectivity index (χ3n) is 8.05. The van der Waals surface area contributed by atoms with Crippen molar-refractivity contribution in [3.63, 3.8) is 0 Å². The molecule has 3 fully saturated rings. The van der Waals surface area contributed by atoms with E-state index in [1.54, 1.807) is 12.1 Å². The first kappa shape index (κ1) is 24.0. The molecule has 5 atom stereocenters. The van der Waals surface area contributed by atoms with Gasteiger partial charge in [-0.05, 0) is 78.6 Å². The molecule has 6 rings (SSSR count). The molecular formula is C30H25FN2O5. The van der Waals surface area contributed by atoms with Crippen molar-refractivity contribution in [2.45, 2.75) is 18.8 Å². The summed E-state index contributed by atoms with van der Waals surface area (Å²) in [5.74, 6) is -2.30. The first-order valence-corrected chi connectivity index (χ1v) is 12.7. The predicted octanol–water partition coefficient (Wildman–Crippen LogP) is 4.55. The molecular weight excluding hydrogens is 487 g/mol. The van der Waals surface area contributed by atoms with E-state index < -0.39 is 24.3 Å². The van der Waals surface area contributed by atoms with E-state index in [9.17, 15) is 23.6 Å². The second-order valence-electron chi connectivity index (χ2n) is 10.2. The Morgan fingerprint density at radius 1 is 0.895 bits per heavy atom. The molecule has 1 heterocycles. The lowest BCUT2D eigenvalue weighted by Gasteiger charge is -2.28. The largest absolute Gasteiger partial charge is 0.452 e. The van der Waals surface area contributed by atoms with Gasteiger partial charge in [-0.25, -0.2) is 9.18 Å². The second kappa shape index (κ2) is 9.52. The molecule has 2 aliphatic carbocycles. The van der Waals surface area contributed by atoms with Gasteiger partial charge in [0.2, 0.25) is 11.8 Å². The Kier molecular flexibility index (Phi) is 6.02. The molecule has 1 aliphatic heterocycles. The van der Waals surface area contributed by atoms with Crippen molar-refractivity contribution in [1.82, 2.24) is 0 Å². The van der Waals surface area contributed by atoms with E-state index >= 15 is 0 Å². The van der Waals surface area contributed by atoms with E-state index in [0.717, 1.165) is 12.8 Å². The van der Waals surface area contributed by atoms with Gasteiger partial charge in [-0.2, -0.15) is 0 Å². The number of amides is 3. The number of halogens is 1. The highest BCUT2D eigenvalue weighted by molar-refractivity contribution is 6.23. The highest BCUT2D eigenvalue weighted by atomic mass is 19.1. The molecule has 7 nitrogen and oxygen atoms in total. The molecule has 3 aromatic rings. The van der Waals surface area contributed by atoms with Gasteiger partial charge in [0.05, 0.1) is 23.1 Å². The summed E-state index contributed by atoms with van der Waals surface area (Å²) in [6.45, 7) is -0.545. The van der Waals surface area contributed by atoms with Crippen LogP contribution in [0, 0.1) is 29.5 Å². The number of nitrogens with zero attached hydrogens (tertiary/aromatic N) is 1. The van der Waals surface area contributed by atoms with E-state index in [-0.39, 0.29) is 47.0 Å². The predicted molar refractivity (Wildman–Crippen MR) is 137 cm³/mol. The maximum atomic E-state index is 13.6. The van der Waals surface area contributed by atoms with E-state index in [4.69, 9.17) is 4.74 Å². The Labute approximate surface area is 218 Å². The normalized spacial score (nSPS) is 25.4. The maximum absolute atomic E-state index is 13.6. The van der Waals surface area contributed by atoms with Crippen molar-refractivity contribution in [2.75, 3.05) is 16.8 Å². The number of imide groups is 1. The highest BCUT2D eigenvalue weighted by Crippen LogP contribution is 2.61. The Hall–Kier alpha value is -4.33. The minimum absolute atomic E-state index is 0.125. The monoisotopic (exact) mass is 512 g/mol. The van der Waals surface area contributed by atoms with Gasteiger partial charge in [-0.3, -0.25) is 19.3 Å². The lowest BCUT2D eigenvalue weighted by molar-refractivity contribution is -0.123. The molecule has 2 saturated carbocycles. The van der Waals surface area contributed by atoms with E-state index in [0.29, 0.717) is 11.4 Å². The number of carbonyl (C=O) groups is 4. The molecule has 0 unspecified atom stereocenters. The summed E-state index contributed by atoms with van der Waals surface area (Å²) in [6.07, 6.45) is 1.78. The summed E-state index contributed by atoms with van der Waals surface area (Å²) in [4.78, 5) is 53.0. The SMILES string of the molecule is O=C(COC(=O)c1cccc(N2C(=O)[C@@H]3[C@@H]4C[C@@H]([C@@H]3C2=O)[C@@H](c2ccccc2)C4)c1)Nc1ccc(F)cc1. The first-order valence-electron chi connectivity index (χ1n) is 12.7. The van der Waals surface area contributed by atoms with E-state index in [1.165, 1.54) is 46.9 Å². The number of ether oxygens (including phenoxy) is 1. The van der Waals surface area contributed by atoms with Crippen LogP contribution in [-0.4, -0.2) is 30.3 Å². The molecule has 8 heteroatoms. The molecule has 0 radical (unpaired) electrons. The smallest absolute Gasteiger partial charge is 0.338 e. The molecule has 38 heavy (non-hydrogen) atoms. The van der Waals surface area contributed by atoms with Crippen LogP contribution in [0.15, 0.2) is 78.9 Å². The summed E-state index contributed by atoms with van der Waals surface area (Å²) < 4.78 is 18.2. The molecule has 192 valence electrons. The molecule has 3 amide bonds. The van der Waals surface area contributed by atoms with Gasteiger partial charge in [0.25, 0.3) is 5.91 Å². The molecule has 0 aromatic heterocycles. The van der Waals surface area contributed by atoms with Crippen molar-refractivity contribution in [2.24, 2.45) is 23.7 Å². The number of benzene rings is 3. The number of anilines is 2. The summed E-state index contributed by atoms with van der Waals surface area (Å²) in [7, 11) is 0. The average Bonchev–Trinajstić information content (AvgIpc) is 3.60. The molecule has 3 aliphatic rings. The minimum atomic E-state index is -0.760. The van der Waals surface area contributed by atoms with Crippen molar-refractivity contribution < 1.29 is 28.3 Å². The van der Waals surface area contributed by atoms with Gasteiger partial charge in [-0.1, -0.05) is 36.4 Å². The lowest BCUT2D eigenvalue weighted by atomic mass is 9.73. The number of fused-ring (bicyclic) bond motifs is 5. The van der Waals surface area contributed by atoms with Crippen LogP contribution in [0.4, 0.5) is 15.8 Å². The topological polar surface area (TPSA) is 92.8 Å². The zero-order valence-electron chi connectivity index (χ0n) is 20.4. The number of esters is 1. The van der Waals surface area contributed by atoms with Gasteiger partial charge >= 0.3 is 5.97 Å². The minimum Gasteiger partial charge on any atom is -0.452 e. The number of hydrogen-bond donors (Lipinski definition) is 1. The van der Waals surface area contributed by atoms with Crippen molar-refractivity contribution in [3.8, 4) is 0 Å². The van der Waals surface area contributed by atoms with Crippen LogP contribution >= 0.6 is 0 Å². The van der Waals surface area contributed by atoms with Gasteiger partial charge in [0.1, 0.15) is 5.82 Å². The summed E-state index contributed by atoms with van der Waals surface area (Å²) >= 11 is 0. The van der Waals surface area contributed by atoms with Crippen molar-refractivity contribution >= 4 is 35.1 Å². The standard InChI is InChI=1S/C30H25FN2O5/c31-20-9-11-21(12-10-20)32-25(34)16-38-30(37)18-7-4-8-22(13-18)33-28(35)26-19-14-23(17-5-2-1-3-6-17)24(15-19)27(26)29(33)36/h1-13,19,23-24,26-27H,14-16H2,(H,32,34)/t19-,23+,24+,26+,27-/m0/s1. The van der Waals surface area contributed by atoms with Crippen LogP contribution in [0.2, 0.25) is 0 Å². The first-order chi connectivity index (χ1) is 18.4. The number of nitrogens with one attached hydrogen (secondary N) is 1. The fourth-order valence-corrected chi connectivity index (χ4v) is 6.51.